The van der Waals surface area contributed by atoms with Crippen molar-refractivity contribution < 1.29 is 10.2 Å². The fourth-order valence-corrected chi connectivity index (χ4v) is 1.48. The van der Waals surface area contributed by atoms with E-state index < -0.39 is 0 Å². The quantitative estimate of drug-likeness (QED) is 0.580. The van der Waals surface area contributed by atoms with E-state index in [9.17, 15) is 10.2 Å². The number of aliphatic hydroxyl groups is 2. The molecule has 1 aliphatic rings. The van der Waals surface area contributed by atoms with Crippen LogP contribution in [0.4, 0.5) is 0 Å². The summed E-state index contributed by atoms with van der Waals surface area (Å²) in [6.45, 7) is 6.90. The lowest BCUT2D eigenvalue weighted by Gasteiger charge is -2.37. The molecular formula is C8H18N2O2. The van der Waals surface area contributed by atoms with E-state index >= 15 is 0 Å². The molecule has 12 heavy (non-hydrogen) atoms. The van der Waals surface area contributed by atoms with Crippen LogP contribution in [0, 0.1) is 0 Å². The fraction of sp³-hybridized carbons (Fsp3) is 1.00. The van der Waals surface area contributed by atoms with E-state index in [1.54, 1.807) is 13.8 Å². The van der Waals surface area contributed by atoms with Gasteiger partial charge in [0.05, 0.1) is 0 Å². The van der Waals surface area contributed by atoms with E-state index in [0.717, 1.165) is 26.2 Å². The third-order valence-electron chi connectivity index (χ3n) is 2.41. The second kappa shape index (κ2) is 4.18. The van der Waals surface area contributed by atoms with E-state index in [-0.39, 0.29) is 12.5 Å². The van der Waals surface area contributed by atoms with Crippen LogP contribution >= 0.6 is 0 Å². The molecule has 0 spiro atoms. The predicted octanol–water partition coefficient (Wildman–Crippen LogP) is -0.719. The highest BCUT2D eigenvalue weighted by Gasteiger charge is 2.21. The van der Waals surface area contributed by atoms with Crippen LogP contribution in [0.5, 0.6) is 0 Å². The minimum Gasteiger partial charge on any atom is -0.379 e. The van der Waals surface area contributed by atoms with Crippen molar-refractivity contribution in [3.8, 4) is 0 Å². The van der Waals surface area contributed by atoms with Crippen molar-refractivity contribution in [2.75, 3.05) is 26.2 Å². The highest BCUT2D eigenvalue weighted by Crippen LogP contribution is 2.06. The van der Waals surface area contributed by atoms with E-state index in [1.807, 2.05) is 9.80 Å². The van der Waals surface area contributed by atoms with Crippen molar-refractivity contribution in [3.63, 3.8) is 0 Å². The number of piperazine rings is 1. The van der Waals surface area contributed by atoms with Gasteiger partial charge in [0, 0.05) is 26.2 Å². The summed E-state index contributed by atoms with van der Waals surface area (Å²) < 4.78 is 0. The first-order valence-corrected chi connectivity index (χ1v) is 4.45. The maximum atomic E-state index is 9.25. The van der Waals surface area contributed by atoms with Crippen LogP contribution in [0.25, 0.3) is 0 Å². The molecule has 2 N–H and O–H groups in total. The summed E-state index contributed by atoms with van der Waals surface area (Å²) in [7, 11) is 0. The normalized spacial score (nSPS) is 27.0. The Morgan fingerprint density at radius 2 is 1.08 bits per heavy atom. The maximum Gasteiger partial charge on any atom is 0.104 e. The zero-order chi connectivity index (χ0) is 9.14. The zero-order valence-corrected chi connectivity index (χ0v) is 7.77. The number of rotatable bonds is 2. The summed E-state index contributed by atoms with van der Waals surface area (Å²) in [6.07, 6.45) is -0.720. The Hall–Kier alpha value is -0.160. The second-order valence-corrected chi connectivity index (χ2v) is 3.34. The van der Waals surface area contributed by atoms with Gasteiger partial charge in [0.15, 0.2) is 0 Å². The molecule has 1 fully saturated rings. The van der Waals surface area contributed by atoms with Crippen molar-refractivity contribution in [2.45, 2.75) is 26.3 Å². The maximum absolute atomic E-state index is 9.25. The SMILES string of the molecule is CC(O)N1CCN(C(C)O)CC1. The summed E-state index contributed by atoms with van der Waals surface area (Å²) in [6, 6.07) is 0. The molecule has 0 amide bonds. The third kappa shape index (κ3) is 2.42. The first-order chi connectivity index (χ1) is 5.61. The Labute approximate surface area is 73.4 Å². The first-order valence-electron chi connectivity index (χ1n) is 4.45. The Kier molecular flexibility index (Phi) is 3.46. The standard InChI is InChI=1S/C8H18N2O2/c1-7(11)9-3-5-10(6-4-9)8(2)12/h7-8,11-12H,3-6H2,1-2H3. The van der Waals surface area contributed by atoms with Crippen LogP contribution in [0.15, 0.2) is 0 Å². The minimum absolute atomic E-state index is 0.360. The average Bonchev–Trinajstić information content (AvgIpc) is 2.04. The van der Waals surface area contributed by atoms with Gasteiger partial charge in [-0.2, -0.15) is 0 Å². The largest absolute Gasteiger partial charge is 0.379 e. The zero-order valence-electron chi connectivity index (χ0n) is 7.77. The summed E-state index contributed by atoms with van der Waals surface area (Å²) >= 11 is 0. The molecule has 2 atom stereocenters. The van der Waals surface area contributed by atoms with Gasteiger partial charge < -0.3 is 10.2 Å². The molecule has 1 rings (SSSR count). The lowest BCUT2D eigenvalue weighted by molar-refractivity contribution is -0.0564. The van der Waals surface area contributed by atoms with Crippen LogP contribution in [0.2, 0.25) is 0 Å². The summed E-state index contributed by atoms with van der Waals surface area (Å²) in [4.78, 5) is 4.00. The molecule has 0 aromatic rings. The Morgan fingerprint density at radius 3 is 1.25 bits per heavy atom. The molecule has 1 aliphatic heterocycles. The number of hydrogen-bond donors (Lipinski definition) is 2. The molecule has 4 heteroatoms. The van der Waals surface area contributed by atoms with E-state index in [0.29, 0.717) is 0 Å². The van der Waals surface area contributed by atoms with Gasteiger partial charge in [0.1, 0.15) is 12.5 Å². The molecule has 0 aromatic heterocycles. The van der Waals surface area contributed by atoms with Gasteiger partial charge in [-0.3, -0.25) is 9.80 Å². The van der Waals surface area contributed by atoms with Gasteiger partial charge in [0.2, 0.25) is 0 Å². The van der Waals surface area contributed by atoms with Crippen LogP contribution in [0.1, 0.15) is 13.8 Å². The Bertz CT molecular complexity index is 115. The van der Waals surface area contributed by atoms with E-state index in [1.165, 1.54) is 0 Å². The molecule has 0 saturated carbocycles. The van der Waals surface area contributed by atoms with Gasteiger partial charge in [-0.15, -0.1) is 0 Å². The molecule has 4 nitrogen and oxygen atoms in total. The van der Waals surface area contributed by atoms with Crippen molar-refractivity contribution in [1.82, 2.24) is 9.80 Å². The Balaban J connectivity index is 2.30. The molecule has 72 valence electrons. The topological polar surface area (TPSA) is 46.9 Å². The van der Waals surface area contributed by atoms with Crippen molar-refractivity contribution in [3.05, 3.63) is 0 Å². The molecule has 1 saturated heterocycles. The summed E-state index contributed by atoms with van der Waals surface area (Å²) in [5.41, 5.74) is 0. The highest BCUT2D eigenvalue weighted by molar-refractivity contribution is 4.72. The van der Waals surface area contributed by atoms with Crippen LogP contribution in [-0.2, 0) is 0 Å². The van der Waals surface area contributed by atoms with Gasteiger partial charge in [-0.1, -0.05) is 0 Å². The number of nitrogens with zero attached hydrogens (tertiary/aromatic N) is 2. The molecule has 0 aromatic carbocycles. The predicted molar refractivity (Wildman–Crippen MR) is 46.5 cm³/mol. The van der Waals surface area contributed by atoms with Gasteiger partial charge in [-0.05, 0) is 13.8 Å². The third-order valence-corrected chi connectivity index (χ3v) is 2.41. The average molecular weight is 174 g/mol. The number of aliphatic hydroxyl groups excluding tert-OH is 2. The molecule has 2 unspecified atom stereocenters. The van der Waals surface area contributed by atoms with Crippen LogP contribution in [-0.4, -0.2) is 58.6 Å². The Morgan fingerprint density at radius 1 is 0.833 bits per heavy atom. The lowest BCUT2D eigenvalue weighted by atomic mass is 10.3. The molecule has 0 radical (unpaired) electrons. The van der Waals surface area contributed by atoms with E-state index in [2.05, 4.69) is 0 Å². The summed E-state index contributed by atoms with van der Waals surface area (Å²) in [5.74, 6) is 0. The van der Waals surface area contributed by atoms with Crippen molar-refractivity contribution in [1.29, 1.82) is 0 Å². The van der Waals surface area contributed by atoms with Crippen molar-refractivity contribution in [2.24, 2.45) is 0 Å². The smallest absolute Gasteiger partial charge is 0.104 e. The first kappa shape index (κ1) is 9.92. The molecule has 1 heterocycles. The van der Waals surface area contributed by atoms with Gasteiger partial charge in [0.25, 0.3) is 0 Å². The molecular weight excluding hydrogens is 156 g/mol. The van der Waals surface area contributed by atoms with Gasteiger partial charge in [-0.25, -0.2) is 0 Å². The minimum atomic E-state index is -0.360. The molecule has 0 aliphatic carbocycles. The second-order valence-electron chi connectivity index (χ2n) is 3.34. The van der Waals surface area contributed by atoms with Crippen LogP contribution < -0.4 is 0 Å². The molecule has 0 bridgehead atoms. The van der Waals surface area contributed by atoms with E-state index in [4.69, 9.17) is 0 Å². The summed E-state index contributed by atoms with van der Waals surface area (Å²) in [5, 5.41) is 18.5. The van der Waals surface area contributed by atoms with Crippen LogP contribution in [0.3, 0.4) is 0 Å². The van der Waals surface area contributed by atoms with Crippen molar-refractivity contribution >= 4 is 0 Å². The fourth-order valence-electron chi connectivity index (χ4n) is 1.48. The lowest BCUT2D eigenvalue weighted by Crippen LogP contribution is -2.51. The number of hydrogen-bond acceptors (Lipinski definition) is 4. The monoisotopic (exact) mass is 174 g/mol. The van der Waals surface area contributed by atoms with Gasteiger partial charge >= 0.3 is 0 Å². The highest BCUT2D eigenvalue weighted by atomic mass is 16.3.